The fourth-order valence-corrected chi connectivity index (χ4v) is 3.56. The van der Waals surface area contributed by atoms with Crippen LogP contribution in [-0.2, 0) is 11.2 Å². The molecule has 0 radical (unpaired) electrons. The molecule has 2 aromatic rings. The van der Waals surface area contributed by atoms with Crippen molar-refractivity contribution in [2.75, 3.05) is 16.8 Å². The number of rotatable bonds is 3. The van der Waals surface area contributed by atoms with Crippen LogP contribution in [0, 0.1) is 11.3 Å². The number of hydrogen-bond acceptors (Lipinski definition) is 4. The number of fused-ring (bicyclic) bond motifs is 1. The molecule has 1 atom stereocenters. The molecular formula is C17H17N3OS. The first-order chi connectivity index (χ1) is 10.7. The number of para-hydroxylation sites is 1. The van der Waals surface area contributed by atoms with E-state index < -0.39 is 0 Å². The maximum atomic E-state index is 12.5. The van der Waals surface area contributed by atoms with E-state index in [-0.39, 0.29) is 11.9 Å². The summed E-state index contributed by atoms with van der Waals surface area (Å²) in [7, 11) is 0. The summed E-state index contributed by atoms with van der Waals surface area (Å²) < 4.78 is 0. The van der Waals surface area contributed by atoms with Crippen molar-refractivity contribution >= 4 is 27.9 Å². The van der Waals surface area contributed by atoms with Crippen molar-refractivity contribution in [1.29, 1.82) is 5.26 Å². The molecule has 112 valence electrons. The van der Waals surface area contributed by atoms with Gasteiger partial charge in [-0.15, -0.1) is 11.3 Å². The average Bonchev–Trinajstić information content (AvgIpc) is 3.00. The lowest BCUT2D eigenvalue weighted by Gasteiger charge is -2.35. The van der Waals surface area contributed by atoms with Crippen molar-refractivity contribution in [2.45, 2.75) is 25.8 Å². The van der Waals surface area contributed by atoms with Crippen LogP contribution in [0.5, 0.6) is 0 Å². The highest BCUT2D eigenvalue weighted by Gasteiger charge is 2.26. The minimum atomic E-state index is -0.268. The van der Waals surface area contributed by atoms with Gasteiger partial charge in [-0.1, -0.05) is 18.2 Å². The van der Waals surface area contributed by atoms with Gasteiger partial charge in [-0.25, -0.2) is 0 Å². The third kappa shape index (κ3) is 2.70. The second-order valence-electron chi connectivity index (χ2n) is 5.37. The zero-order valence-corrected chi connectivity index (χ0v) is 13.2. The monoisotopic (exact) mass is 311 g/mol. The molecule has 0 bridgehead atoms. The van der Waals surface area contributed by atoms with E-state index in [1.165, 1.54) is 16.9 Å². The van der Waals surface area contributed by atoms with E-state index in [9.17, 15) is 4.79 Å². The van der Waals surface area contributed by atoms with Crippen molar-refractivity contribution in [3.63, 3.8) is 0 Å². The molecule has 22 heavy (non-hydrogen) atoms. The Labute approximate surface area is 134 Å². The predicted octanol–water partition coefficient (Wildman–Crippen LogP) is 3.40. The molecule has 0 saturated carbocycles. The van der Waals surface area contributed by atoms with Crippen molar-refractivity contribution < 1.29 is 4.79 Å². The number of carbonyl (C=O) groups excluding carboxylic acids is 1. The quantitative estimate of drug-likeness (QED) is 0.945. The van der Waals surface area contributed by atoms with E-state index in [0.717, 1.165) is 25.1 Å². The molecule has 0 spiro atoms. The third-order valence-electron chi connectivity index (χ3n) is 4.02. The van der Waals surface area contributed by atoms with Gasteiger partial charge < -0.3 is 10.2 Å². The van der Waals surface area contributed by atoms with Crippen LogP contribution >= 0.6 is 11.3 Å². The van der Waals surface area contributed by atoms with E-state index in [4.69, 9.17) is 5.26 Å². The maximum absolute atomic E-state index is 12.5. The first-order valence-electron chi connectivity index (χ1n) is 7.33. The second-order valence-corrected chi connectivity index (χ2v) is 6.28. The number of amides is 1. The summed E-state index contributed by atoms with van der Waals surface area (Å²) in [5.74, 6) is -0.0735. The summed E-state index contributed by atoms with van der Waals surface area (Å²) in [6.45, 7) is 2.79. The fraction of sp³-hybridized carbons (Fsp3) is 0.294. The maximum Gasteiger partial charge on any atom is 0.247 e. The minimum Gasteiger partial charge on any atom is -0.360 e. The van der Waals surface area contributed by atoms with Gasteiger partial charge in [-0.3, -0.25) is 4.79 Å². The first kappa shape index (κ1) is 14.6. The summed E-state index contributed by atoms with van der Waals surface area (Å²) in [6, 6.07) is 11.8. The van der Waals surface area contributed by atoms with Gasteiger partial charge in [0.25, 0.3) is 0 Å². The SMILES string of the molecule is C[C@H](C(=O)Nc1sccc1C#N)N1CCCc2ccccc21. The predicted molar refractivity (Wildman–Crippen MR) is 89.2 cm³/mol. The van der Waals surface area contributed by atoms with Gasteiger partial charge in [-0.05, 0) is 42.8 Å². The van der Waals surface area contributed by atoms with Crippen LogP contribution in [0.25, 0.3) is 0 Å². The molecule has 0 saturated heterocycles. The Kier molecular flexibility index (Phi) is 4.12. The van der Waals surface area contributed by atoms with Gasteiger partial charge in [-0.2, -0.15) is 5.26 Å². The van der Waals surface area contributed by atoms with Gasteiger partial charge >= 0.3 is 0 Å². The topological polar surface area (TPSA) is 56.1 Å². The number of thiophene rings is 1. The van der Waals surface area contributed by atoms with Crippen LogP contribution in [0.2, 0.25) is 0 Å². The first-order valence-corrected chi connectivity index (χ1v) is 8.21. The van der Waals surface area contributed by atoms with Crippen LogP contribution in [0.15, 0.2) is 35.7 Å². The number of carbonyl (C=O) groups is 1. The highest BCUT2D eigenvalue weighted by Crippen LogP contribution is 2.29. The van der Waals surface area contributed by atoms with Crippen LogP contribution in [-0.4, -0.2) is 18.5 Å². The smallest absolute Gasteiger partial charge is 0.247 e. The van der Waals surface area contributed by atoms with Crippen LogP contribution in [0.3, 0.4) is 0 Å². The molecule has 1 aromatic heterocycles. The lowest BCUT2D eigenvalue weighted by atomic mass is 10.00. The number of nitriles is 1. The molecular weight excluding hydrogens is 294 g/mol. The number of nitrogens with one attached hydrogen (secondary N) is 1. The zero-order chi connectivity index (χ0) is 15.5. The lowest BCUT2D eigenvalue weighted by molar-refractivity contribution is -0.117. The molecule has 1 aromatic carbocycles. The molecule has 5 heteroatoms. The van der Waals surface area contributed by atoms with Gasteiger partial charge in [0.05, 0.1) is 5.56 Å². The number of benzene rings is 1. The van der Waals surface area contributed by atoms with Crippen molar-refractivity contribution in [3.05, 3.63) is 46.8 Å². The molecule has 1 aliphatic heterocycles. The molecule has 4 nitrogen and oxygen atoms in total. The van der Waals surface area contributed by atoms with Crippen molar-refractivity contribution in [3.8, 4) is 6.07 Å². The third-order valence-corrected chi connectivity index (χ3v) is 4.85. The summed E-state index contributed by atoms with van der Waals surface area (Å²) in [4.78, 5) is 14.7. The van der Waals surface area contributed by atoms with Crippen LogP contribution < -0.4 is 10.2 Å². The van der Waals surface area contributed by atoms with Crippen LogP contribution in [0.1, 0.15) is 24.5 Å². The summed E-state index contributed by atoms with van der Waals surface area (Å²) in [6.07, 6.45) is 2.11. The minimum absolute atomic E-state index is 0.0735. The number of anilines is 2. The largest absolute Gasteiger partial charge is 0.360 e. The van der Waals surface area contributed by atoms with Gasteiger partial charge in [0.2, 0.25) is 5.91 Å². The van der Waals surface area contributed by atoms with E-state index in [2.05, 4.69) is 28.4 Å². The van der Waals surface area contributed by atoms with Gasteiger partial charge in [0.15, 0.2) is 0 Å². The normalized spacial score (nSPS) is 14.8. The van der Waals surface area contributed by atoms with E-state index >= 15 is 0 Å². The Bertz CT molecular complexity index is 732. The Balaban J connectivity index is 1.79. The highest BCUT2D eigenvalue weighted by atomic mass is 32.1. The molecule has 2 heterocycles. The van der Waals surface area contributed by atoms with E-state index in [1.807, 2.05) is 24.4 Å². The lowest BCUT2D eigenvalue weighted by Crippen LogP contribution is -2.44. The summed E-state index contributed by atoms with van der Waals surface area (Å²) >= 11 is 1.38. The van der Waals surface area contributed by atoms with Gasteiger partial charge in [0, 0.05) is 12.2 Å². The highest BCUT2D eigenvalue weighted by molar-refractivity contribution is 7.14. The fourth-order valence-electron chi connectivity index (χ4n) is 2.82. The summed E-state index contributed by atoms with van der Waals surface area (Å²) in [5, 5.41) is 14.4. The summed E-state index contributed by atoms with van der Waals surface area (Å²) in [5.41, 5.74) is 2.95. The van der Waals surface area contributed by atoms with Crippen molar-refractivity contribution in [1.82, 2.24) is 0 Å². The zero-order valence-electron chi connectivity index (χ0n) is 12.4. The number of aryl methyl sites for hydroxylation is 1. The second kappa shape index (κ2) is 6.20. The Hall–Kier alpha value is -2.32. The number of nitrogens with zero attached hydrogens (tertiary/aromatic N) is 2. The molecule has 1 aliphatic rings. The Morgan fingerprint density at radius 3 is 3.05 bits per heavy atom. The Morgan fingerprint density at radius 2 is 2.23 bits per heavy atom. The standard InChI is InChI=1S/C17H17N3OS/c1-12(16(21)19-17-14(11-18)8-10-22-17)20-9-4-6-13-5-2-3-7-15(13)20/h2-3,5,7-8,10,12H,4,6,9H2,1H3,(H,19,21)/t12-/m1/s1. The van der Waals surface area contributed by atoms with Crippen molar-refractivity contribution in [2.24, 2.45) is 0 Å². The van der Waals surface area contributed by atoms with E-state index in [1.54, 1.807) is 6.07 Å². The van der Waals surface area contributed by atoms with E-state index in [0.29, 0.717) is 10.6 Å². The molecule has 0 unspecified atom stereocenters. The Morgan fingerprint density at radius 1 is 1.41 bits per heavy atom. The molecule has 1 N–H and O–H groups in total. The number of hydrogen-bond donors (Lipinski definition) is 1. The molecule has 0 fully saturated rings. The molecule has 3 rings (SSSR count). The van der Waals surface area contributed by atoms with Gasteiger partial charge in [0.1, 0.15) is 17.1 Å². The molecule has 0 aliphatic carbocycles. The van der Waals surface area contributed by atoms with Crippen LogP contribution in [0.4, 0.5) is 10.7 Å². The average molecular weight is 311 g/mol. The molecule has 1 amide bonds.